The molecule has 2 saturated heterocycles. The molecule has 7 heteroatoms. The van der Waals surface area contributed by atoms with Crippen LogP contribution in [0.1, 0.15) is 138 Å². The van der Waals surface area contributed by atoms with E-state index in [1.165, 1.54) is 25.7 Å². The van der Waals surface area contributed by atoms with Gasteiger partial charge in [0.05, 0.1) is 26.4 Å². The molecule has 0 radical (unpaired) electrons. The zero-order valence-corrected chi connectivity index (χ0v) is 31.4. The standard InChI is InChI=1S/C44H64F2O5/c1-3-7-31-27-48-43(49-28-31)37-17-11-33(12-18-37)39-21-15-35(41(45)25-39)9-5-23-47-24-6-10-36-16-22-40(26-42(36)46)34-13-19-38(20-14-34)44-50-29-32(8-4-2)30-51-44/h15-16,21-22,25-26,31-34,37-38,43-44H,3-14,17-20,23-24,27-30H2,1-2H3. The first-order valence-electron chi connectivity index (χ1n) is 20.6. The summed E-state index contributed by atoms with van der Waals surface area (Å²) < 4.78 is 60.4. The van der Waals surface area contributed by atoms with Crippen molar-refractivity contribution < 1.29 is 32.5 Å². The van der Waals surface area contributed by atoms with Gasteiger partial charge in [0.25, 0.3) is 0 Å². The Morgan fingerprint density at radius 2 is 0.961 bits per heavy atom. The molecule has 2 aliphatic carbocycles. The fraction of sp³-hybridized carbons (Fsp3) is 0.727. The van der Waals surface area contributed by atoms with Crippen molar-refractivity contribution in [1.82, 2.24) is 0 Å². The van der Waals surface area contributed by atoms with E-state index >= 15 is 8.78 Å². The van der Waals surface area contributed by atoms with E-state index in [-0.39, 0.29) is 24.2 Å². The summed E-state index contributed by atoms with van der Waals surface area (Å²) in [6, 6.07) is 11.7. The van der Waals surface area contributed by atoms with Crippen molar-refractivity contribution in [2.75, 3.05) is 39.6 Å². The van der Waals surface area contributed by atoms with Gasteiger partial charge in [-0.05, 0) is 136 Å². The van der Waals surface area contributed by atoms with Gasteiger partial charge in [-0.15, -0.1) is 0 Å². The normalized spacial score (nSPS) is 30.4. The van der Waals surface area contributed by atoms with Crippen LogP contribution in [0, 0.1) is 35.3 Å². The Bertz CT molecular complexity index is 1210. The summed E-state index contributed by atoms with van der Waals surface area (Å²) in [5.74, 6) is 2.57. The van der Waals surface area contributed by atoms with Crippen molar-refractivity contribution in [1.29, 1.82) is 0 Å². The molecule has 284 valence electrons. The number of ether oxygens (including phenoxy) is 5. The van der Waals surface area contributed by atoms with E-state index in [4.69, 9.17) is 23.7 Å². The fourth-order valence-corrected chi connectivity index (χ4v) is 9.13. The van der Waals surface area contributed by atoms with Gasteiger partial charge in [0.15, 0.2) is 12.6 Å². The molecule has 0 spiro atoms. The minimum Gasteiger partial charge on any atom is -0.381 e. The molecule has 0 unspecified atom stereocenters. The SMILES string of the molecule is CCCC1COC(C2CCC(c3ccc(CCCOCCCc4ccc(C5CCC(C6OCC(CCC)CO6)CC5)cc4F)c(F)c3)CC2)OC1. The largest absolute Gasteiger partial charge is 0.381 e. The van der Waals surface area contributed by atoms with Crippen molar-refractivity contribution in [2.45, 2.75) is 141 Å². The van der Waals surface area contributed by atoms with Crippen molar-refractivity contribution in [2.24, 2.45) is 23.7 Å². The van der Waals surface area contributed by atoms with Crippen molar-refractivity contribution in [3.8, 4) is 0 Å². The van der Waals surface area contributed by atoms with Crippen LogP contribution in [0.25, 0.3) is 0 Å². The summed E-state index contributed by atoms with van der Waals surface area (Å²) in [6.07, 6.45) is 15.9. The molecule has 2 aliphatic heterocycles. The summed E-state index contributed by atoms with van der Waals surface area (Å²) in [7, 11) is 0. The lowest BCUT2D eigenvalue weighted by Gasteiger charge is -2.37. The third-order valence-corrected chi connectivity index (χ3v) is 12.3. The quantitative estimate of drug-likeness (QED) is 0.162. The number of hydrogen-bond donors (Lipinski definition) is 0. The molecular weight excluding hydrogens is 646 g/mol. The van der Waals surface area contributed by atoms with Crippen LogP contribution < -0.4 is 0 Å². The van der Waals surface area contributed by atoms with Gasteiger partial charge in [-0.2, -0.15) is 0 Å². The maximum atomic E-state index is 15.1. The van der Waals surface area contributed by atoms with E-state index in [0.717, 1.165) is 113 Å². The van der Waals surface area contributed by atoms with Crippen LogP contribution in [-0.2, 0) is 36.5 Å². The topological polar surface area (TPSA) is 46.2 Å². The molecule has 2 aromatic carbocycles. The number of halogens is 2. The molecule has 4 aliphatic rings. The predicted molar refractivity (Wildman–Crippen MR) is 198 cm³/mol. The van der Waals surface area contributed by atoms with Gasteiger partial charge >= 0.3 is 0 Å². The van der Waals surface area contributed by atoms with Gasteiger partial charge in [-0.3, -0.25) is 0 Å². The van der Waals surface area contributed by atoms with E-state index in [9.17, 15) is 0 Å². The van der Waals surface area contributed by atoms with Crippen LogP contribution in [-0.4, -0.2) is 52.2 Å². The van der Waals surface area contributed by atoms with Crippen molar-refractivity contribution in [3.05, 3.63) is 70.3 Å². The molecule has 0 atom stereocenters. The Kier molecular flexibility index (Phi) is 15.2. The molecule has 4 fully saturated rings. The lowest BCUT2D eigenvalue weighted by molar-refractivity contribution is -0.229. The number of benzene rings is 2. The molecular formula is C44H64F2O5. The molecule has 0 amide bonds. The molecule has 2 saturated carbocycles. The lowest BCUT2D eigenvalue weighted by Crippen LogP contribution is -2.38. The van der Waals surface area contributed by atoms with Crippen LogP contribution in [0.15, 0.2) is 36.4 Å². The molecule has 0 aromatic heterocycles. The van der Waals surface area contributed by atoms with Crippen LogP contribution in [0.2, 0.25) is 0 Å². The zero-order valence-electron chi connectivity index (χ0n) is 31.4. The van der Waals surface area contributed by atoms with Crippen LogP contribution in [0.3, 0.4) is 0 Å². The Morgan fingerprint density at radius 1 is 0.569 bits per heavy atom. The molecule has 2 aromatic rings. The summed E-state index contributed by atoms with van der Waals surface area (Å²) in [6.45, 7) is 8.86. The molecule has 6 rings (SSSR count). The zero-order chi connectivity index (χ0) is 35.4. The van der Waals surface area contributed by atoms with Crippen molar-refractivity contribution >= 4 is 0 Å². The Balaban J connectivity index is 0.831. The van der Waals surface area contributed by atoms with E-state index in [1.807, 2.05) is 12.1 Å². The molecule has 0 bridgehead atoms. The minimum absolute atomic E-state index is 0.0641. The smallest absolute Gasteiger partial charge is 0.160 e. The summed E-state index contributed by atoms with van der Waals surface area (Å²) in [5, 5.41) is 0. The summed E-state index contributed by atoms with van der Waals surface area (Å²) in [5.41, 5.74) is 3.75. The third-order valence-electron chi connectivity index (χ3n) is 12.3. The predicted octanol–water partition coefficient (Wildman–Crippen LogP) is 10.7. The van der Waals surface area contributed by atoms with E-state index in [1.54, 1.807) is 12.1 Å². The van der Waals surface area contributed by atoms with Crippen molar-refractivity contribution in [3.63, 3.8) is 0 Å². The molecule has 0 N–H and O–H groups in total. The van der Waals surface area contributed by atoms with Crippen LogP contribution in [0.5, 0.6) is 0 Å². The van der Waals surface area contributed by atoms with Gasteiger partial charge < -0.3 is 23.7 Å². The summed E-state index contributed by atoms with van der Waals surface area (Å²) >= 11 is 0. The lowest BCUT2D eigenvalue weighted by atomic mass is 9.78. The highest BCUT2D eigenvalue weighted by Gasteiger charge is 2.34. The first kappa shape index (κ1) is 38.8. The second-order valence-corrected chi connectivity index (χ2v) is 16.1. The minimum atomic E-state index is -0.102. The Hall–Kier alpha value is -1.90. The Labute approximate surface area is 306 Å². The van der Waals surface area contributed by atoms with Crippen LogP contribution >= 0.6 is 0 Å². The van der Waals surface area contributed by atoms with Gasteiger partial charge in [0.2, 0.25) is 0 Å². The first-order chi connectivity index (χ1) is 25.0. The van der Waals surface area contributed by atoms with Gasteiger partial charge in [0, 0.05) is 36.9 Å². The fourth-order valence-electron chi connectivity index (χ4n) is 9.13. The van der Waals surface area contributed by atoms with E-state index in [0.29, 0.717) is 61.6 Å². The monoisotopic (exact) mass is 710 g/mol. The highest BCUT2D eigenvalue weighted by atomic mass is 19.1. The molecule has 5 nitrogen and oxygen atoms in total. The first-order valence-corrected chi connectivity index (χ1v) is 20.6. The third kappa shape index (κ3) is 11.1. The van der Waals surface area contributed by atoms with Crippen LogP contribution in [0.4, 0.5) is 8.78 Å². The summed E-state index contributed by atoms with van der Waals surface area (Å²) in [4.78, 5) is 0. The second-order valence-electron chi connectivity index (χ2n) is 16.1. The molecule has 2 heterocycles. The number of rotatable bonds is 16. The highest BCUT2D eigenvalue weighted by molar-refractivity contribution is 5.28. The highest BCUT2D eigenvalue weighted by Crippen LogP contribution is 2.41. The molecule has 51 heavy (non-hydrogen) atoms. The Morgan fingerprint density at radius 3 is 1.31 bits per heavy atom. The van der Waals surface area contributed by atoms with E-state index in [2.05, 4.69) is 26.0 Å². The van der Waals surface area contributed by atoms with Gasteiger partial charge in [-0.1, -0.05) is 51.0 Å². The average molecular weight is 711 g/mol. The number of hydrogen-bond acceptors (Lipinski definition) is 5. The van der Waals surface area contributed by atoms with Gasteiger partial charge in [-0.25, -0.2) is 8.78 Å². The maximum absolute atomic E-state index is 15.1. The second kappa shape index (κ2) is 20.0. The van der Waals surface area contributed by atoms with E-state index < -0.39 is 0 Å². The van der Waals surface area contributed by atoms with Gasteiger partial charge in [0.1, 0.15) is 11.6 Å². The maximum Gasteiger partial charge on any atom is 0.160 e. The number of aryl methyl sites for hydroxylation is 2. The average Bonchev–Trinajstić information content (AvgIpc) is 3.16.